The van der Waals surface area contributed by atoms with Crippen LogP contribution in [0.25, 0.3) is 0 Å². The maximum atomic E-state index is 12.7. The molecule has 0 heterocycles. The Hall–Kier alpha value is -1.10. The third kappa shape index (κ3) is 2.45. The highest BCUT2D eigenvalue weighted by Gasteiger charge is 2.31. The van der Waals surface area contributed by atoms with Gasteiger partial charge in [-0.25, -0.2) is 4.39 Å². The Labute approximate surface area is 78.0 Å². The summed E-state index contributed by atoms with van der Waals surface area (Å²) in [6.07, 6.45) is -5.71. The van der Waals surface area contributed by atoms with E-state index in [-0.39, 0.29) is 5.56 Å². The summed E-state index contributed by atoms with van der Waals surface area (Å²) in [5, 5.41) is 9.00. The Morgan fingerprint density at radius 2 is 1.79 bits per heavy atom. The predicted molar refractivity (Wildman–Crippen MR) is 42.0 cm³/mol. The van der Waals surface area contributed by atoms with Crippen molar-refractivity contribution in [2.24, 2.45) is 0 Å². The monoisotopic (exact) mass is 208 g/mol. The van der Waals surface area contributed by atoms with Gasteiger partial charge in [-0.2, -0.15) is 13.2 Å². The zero-order valence-corrected chi connectivity index (χ0v) is 7.27. The van der Waals surface area contributed by atoms with Gasteiger partial charge in [0.1, 0.15) is 5.82 Å². The van der Waals surface area contributed by atoms with E-state index in [0.717, 1.165) is 12.1 Å². The summed E-state index contributed by atoms with van der Waals surface area (Å²) in [6.45, 7) is 1.27. The molecule has 14 heavy (non-hydrogen) atoms. The molecule has 1 N–H and O–H groups in total. The van der Waals surface area contributed by atoms with Crippen LogP contribution in [0.2, 0.25) is 0 Å². The quantitative estimate of drug-likeness (QED) is 0.703. The molecule has 0 spiro atoms. The SMILES string of the molecule is C[C@H](O)c1cc(F)cc(C(F)(F)F)c1. The number of aliphatic hydroxyl groups is 1. The van der Waals surface area contributed by atoms with Crippen LogP contribution in [0.3, 0.4) is 0 Å². The molecule has 1 rings (SSSR count). The summed E-state index contributed by atoms with van der Waals surface area (Å²) >= 11 is 0. The molecule has 0 aliphatic carbocycles. The highest BCUT2D eigenvalue weighted by atomic mass is 19.4. The number of hydrogen-bond acceptors (Lipinski definition) is 1. The highest BCUT2D eigenvalue weighted by Crippen LogP contribution is 2.31. The summed E-state index contributed by atoms with van der Waals surface area (Å²) in [7, 11) is 0. The van der Waals surface area contributed by atoms with Gasteiger partial charge in [0.25, 0.3) is 0 Å². The molecule has 78 valence electrons. The fourth-order valence-electron chi connectivity index (χ4n) is 1.02. The second kappa shape index (κ2) is 3.57. The topological polar surface area (TPSA) is 20.2 Å². The van der Waals surface area contributed by atoms with Gasteiger partial charge in [-0.1, -0.05) is 0 Å². The van der Waals surface area contributed by atoms with Gasteiger partial charge in [-0.15, -0.1) is 0 Å². The lowest BCUT2D eigenvalue weighted by Crippen LogP contribution is -2.07. The Morgan fingerprint density at radius 1 is 1.21 bits per heavy atom. The molecule has 0 unspecified atom stereocenters. The molecule has 0 bridgehead atoms. The zero-order valence-electron chi connectivity index (χ0n) is 7.27. The van der Waals surface area contributed by atoms with Crippen molar-refractivity contribution in [3.05, 3.63) is 35.1 Å². The minimum Gasteiger partial charge on any atom is -0.389 e. The minimum absolute atomic E-state index is 0.0858. The van der Waals surface area contributed by atoms with Gasteiger partial charge >= 0.3 is 6.18 Å². The predicted octanol–water partition coefficient (Wildman–Crippen LogP) is 2.90. The smallest absolute Gasteiger partial charge is 0.389 e. The van der Waals surface area contributed by atoms with E-state index in [0.29, 0.717) is 6.07 Å². The summed E-state index contributed by atoms with van der Waals surface area (Å²) in [4.78, 5) is 0. The maximum absolute atomic E-state index is 12.7. The average molecular weight is 208 g/mol. The molecule has 0 amide bonds. The van der Waals surface area contributed by atoms with E-state index in [2.05, 4.69) is 0 Å². The van der Waals surface area contributed by atoms with Crippen LogP contribution in [-0.4, -0.2) is 5.11 Å². The molecule has 1 nitrogen and oxygen atoms in total. The summed E-state index contributed by atoms with van der Waals surface area (Å²) < 4.78 is 49.2. The number of aliphatic hydroxyl groups excluding tert-OH is 1. The molecular weight excluding hydrogens is 200 g/mol. The fourth-order valence-corrected chi connectivity index (χ4v) is 1.02. The Kier molecular flexibility index (Phi) is 2.80. The standard InChI is InChI=1S/C9H8F4O/c1-5(14)6-2-7(9(11,12)13)4-8(10)3-6/h2-5,14H,1H3/t5-/m0/s1. The van der Waals surface area contributed by atoms with Crippen LogP contribution in [0.5, 0.6) is 0 Å². The minimum atomic E-state index is -4.59. The second-order valence-corrected chi connectivity index (χ2v) is 2.95. The number of hydrogen-bond donors (Lipinski definition) is 1. The molecule has 0 radical (unpaired) electrons. The Bertz CT molecular complexity index is 330. The van der Waals surface area contributed by atoms with E-state index in [4.69, 9.17) is 5.11 Å². The van der Waals surface area contributed by atoms with E-state index in [1.807, 2.05) is 0 Å². The van der Waals surface area contributed by atoms with E-state index >= 15 is 0 Å². The number of alkyl halides is 3. The van der Waals surface area contributed by atoms with Crippen molar-refractivity contribution < 1.29 is 22.7 Å². The van der Waals surface area contributed by atoms with Crippen LogP contribution in [0.15, 0.2) is 18.2 Å². The normalized spacial score (nSPS) is 14.1. The third-order valence-corrected chi connectivity index (χ3v) is 1.73. The fraction of sp³-hybridized carbons (Fsp3) is 0.333. The molecule has 1 aromatic carbocycles. The second-order valence-electron chi connectivity index (χ2n) is 2.95. The molecule has 0 aromatic heterocycles. The van der Waals surface area contributed by atoms with Gasteiger partial charge in [-0.05, 0) is 30.7 Å². The summed E-state index contributed by atoms with van der Waals surface area (Å²) in [5.74, 6) is -1.00. The summed E-state index contributed by atoms with van der Waals surface area (Å²) in [5.41, 5.74) is -1.18. The largest absolute Gasteiger partial charge is 0.416 e. The van der Waals surface area contributed by atoms with Gasteiger partial charge in [0.05, 0.1) is 11.7 Å². The summed E-state index contributed by atoms with van der Waals surface area (Å²) in [6, 6.07) is 2.00. The molecule has 0 saturated carbocycles. The van der Waals surface area contributed by atoms with Crippen LogP contribution in [-0.2, 0) is 6.18 Å². The van der Waals surface area contributed by atoms with Crippen LogP contribution in [0, 0.1) is 5.82 Å². The molecule has 0 aliphatic heterocycles. The zero-order chi connectivity index (χ0) is 10.9. The van der Waals surface area contributed by atoms with E-state index in [1.165, 1.54) is 6.92 Å². The first kappa shape index (κ1) is 11.0. The Balaban J connectivity index is 3.21. The third-order valence-electron chi connectivity index (χ3n) is 1.73. The molecule has 0 saturated heterocycles. The average Bonchev–Trinajstić information content (AvgIpc) is 2.01. The van der Waals surface area contributed by atoms with Crippen molar-refractivity contribution in [2.75, 3.05) is 0 Å². The lowest BCUT2D eigenvalue weighted by Gasteiger charge is -2.10. The van der Waals surface area contributed by atoms with E-state index in [1.54, 1.807) is 0 Å². The first-order valence-corrected chi connectivity index (χ1v) is 3.86. The van der Waals surface area contributed by atoms with E-state index < -0.39 is 23.7 Å². The van der Waals surface area contributed by atoms with E-state index in [9.17, 15) is 17.6 Å². The molecule has 0 aliphatic rings. The van der Waals surface area contributed by atoms with Crippen molar-refractivity contribution in [3.63, 3.8) is 0 Å². The van der Waals surface area contributed by atoms with Crippen LogP contribution in [0.1, 0.15) is 24.2 Å². The molecule has 1 aromatic rings. The van der Waals surface area contributed by atoms with Crippen molar-refractivity contribution in [1.82, 2.24) is 0 Å². The van der Waals surface area contributed by atoms with Crippen LogP contribution < -0.4 is 0 Å². The van der Waals surface area contributed by atoms with Crippen LogP contribution in [0.4, 0.5) is 17.6 Å². The first-order chi connectivity index (χ1) is 6.30. The van der Waals surface area contributed by atoms with Gasteiger partial charge in [0, 0.05) is 0 Å². The molecule has 0 fully saturated rings. The van der Waals surface area contributed by atoms with Gasteiger partial charge in [-0.3, -0.25) is 0 Å². The first-order valence-electron chi connectivity index (χ1n) is 3.86. The maximum Gasteiger partial charge on any atom is 0.416 e. The lowest BCUT2D eigenvalue weighted by molar-refractivity contribution is -0.137. The van der Waals surface area contributed by atoms with Gasteiger partial charge in [0.2, 0.25) is 0 Å². The van der Waals surface area contributed by atoms with Crippen molar-refractivity contribution in [3.8, 4) is 0 Å². The van der Waals surface area contributed by atoms with Crippen molar-refractivity contribution in [1.29, 1.82) is 0 Å². The van der Waals surface area contributed by atoms with Gasteiger partial charge in [0.15, 0.2) is 0 Å². The van der Waals surface area contributed by atoms with Crippen LogP contribution >= 0.6 is 0 Å². The number of benzene rings is 1. The lowest BCUT2D eigenvalue weighted by atomic mass is 10.1. The molecule has 1 atom stereocenters. The van der Waals surface area contributed by atoms with Crippen molar-refractivity contribution in [2.45, 2.75) is 19.2 Å². The molecule has 5 heteroatoms. The molecular formula is C9H8F4O. The van der Waals surface area contributed by atoms with Crippen molar-refractivity contribution >= 4 is 0 Å². The number of rotatable bonds is 1. The Morgan fingerprint density at radius 3 is 2.21 bits per heavy atom. The highest BCUT2D eigenvalue weighted by molar-refractivity contribution is 5.27. The van der Waals surface area contributed by atoms with Gasteiger partial charge < -0.3 is 5.11 Å². The number of halogens is 4.